The van der Waals surface area contributed by atoms with Crippen LogP contribution >= 0.6 is 0 Å². The van der Waals surface area contributed by atoms with Gasteiger partial charge in [-0.15, -0.1) is 0 Å². The van der Waals surface area contributed by atoms with Crippen LogP contribution in [0.5, 0.6) is 0 Å². The molecule has 0 spiro atoms. The summed E-state index contributed by atoms with van der Waals surface area (Å²) in [7, 11) is 0.357. The van der Waals surface area contributed by atoms with Crippen LogP contribution in [-0.2, 0) is 14.9 Å². The fraction of sp³-hybridized carbons (Fsp3) is 1.00. The van der Waals surface area contributed by atoms with Gasteiger partial charge in [0.15, 0.2) is 0 Å². The molecule has 0 unspecified atom stereocenters. The van der Waals surface area contributed by atoms with Crippen molar-refractivity contribution in [2.24, 2.45) is 5.41 Å². The SMILES string of the molecule is COCC1(CNS(=O)(=O)N2CCN(C)CC2)CCCC1. The summed E-state index contributed by atoms with van der Waals surface area (Å²) >= 11 is 0. The Kier molecular flexibility index (Phi) is 5.42. The van der Waals surface area contributed by atoms with Gasteiger partial charge in [-0.25, -0.2) is 4.72 Å². The highest BCUT2D eigenvalue weighted by Gasteiger charge is 2.36. The van der Waals surface area contributed by atoms with Gasteiger partial charge < -0.3 is 9.64 Å². The largest absolute Gasteiger partial charge is 0.384 e. The van der Waals surface area contributed by atoms with E-state index in [1.165, 1.54) is 12.8 Å². The lowest BCUT2D eigenvalue weighted by Gasteiger charge is -2.33. The Morgan fingerprint density at radius 1 is 1.15 bits per heavy atom. The highest BCUT2D eigenvalue weighted by Crippen LogP contribution is 2.37. The van der Waals surface area contributed by atoms with Crippen molar-refractivity contribution in [3.8, 4) is 0 Å². The summed E-state index contributed by atoms with van der Waals surface area (Å²) in [5.41, 5.74) is -0.00556. The van der Waals surface area contributed by atoms with Crippen LogP contribution in [-0.4, -0.2) is 71.1 Å². The Morgan fingerprint density at radius 2 is 1.75 bits per heavy atom. The molecule has 0 amide bonds. The fourth-order valence-electron chi connectivity index (χ4n) is 3.17. The quantitative estimate of drug-likeness (QED) is 0.765. The lowest BCUT2D eigenvalue weighted by Crippen LogP contribution is -2.52. The zero-order valence-corrected chi connectivity index (χ0v) is 13.4. The molecule has 1 aliphatic carbocycles. The first-order chi connectivity index (χ1) is 9.47. The summed E-state index contributed by atoms with van der Waals surface area (Å²) in [6.07, 6.45) is 4.43. The molecule has 0 aromatic heterocycles. The molecule has 118 valence electrons. The van der Waals surface area contributed by atoms with Gasteiger partial charge in [-0.2, -0.15) is 12.7 Å². The standard InChI is InChI=1S/C13H27N3O3S/c1-15-7-9-16(10-8-15)20(17,18)14-11-13(12-19-2)5-3-4-6-13/h14H,3-12H2,1-2H3. The second kappa shape index (κ2) is 6.70. The van der Waals surface area contributed by atoms with Gasteiger partial charge in [0.2, 0.25) is 0 Å². The summed E-state index contributed by atoms with van der Waals surface area (Å²) < 4.78 is 34.4. The topological polar surface area (TPSA) is 61.9 Å². The van der Waals surface area contributed by atoms with Crippen LogP contribution in [0.25, 0.3) is 0 Å². The molecule has 1 N–H and O–H groups in total. The third-order valence-corrected chi connectivity index (χ3v) is 6.10. The summed E-state index contributed by atoms with van der Waals surface area (Å²) in [6, 6.07) is 0. The second-order valence-corrected chi connectivity index (χ2v) is 7.92. The maximum absolute atomic E-state index is 12.4. The predicted octanol–water partition coefficient (Wildman–Crippen LogP) is 0.275. The number of piperazine rings is 1. The molecule has 1 saturated carbocycles. The maximum Gasteiger partial charge on any atom is 0.279 e. The second-order valence-electron chi connectivity index (χ2n) is 6.17. The van der Waals surface area contributed by atoms with Gasteiger partial charge in [0.05, 0.1) is 6.61 Å². The average Bonchev–Trinajstić information content (AvgIpc) is 2.87. The molecule has 0 aromatic carbocycles. The van der Waals surface area contributed by atoms with E-state index in [0.717, 1.165) is 25.9 Å². The van der Waals surface area contributed by atoms with E-state index in [1.807, 2.05) is 7.05 Å². The Labute approximate surface area is 122 Å². The van der Waals surface area contributed by atoms with Crippen molar-refractivity contribution in [3.05, 3.63) is 0 Å². The zero-order chi connectivity index (χ0) is 14.6. The molecule has 1 aliphatic heterocycles. The van der Waals surface area contributed by atoms with Gasteiger partial charge in [0.1, 0.15) is 0 Å². The molecule has 6 nitrogen and oxygen atoms in total. The van der Waals surface area contributed by atoms with Crippen molar-refractivity contribution < 1.29 is 13.2 Å². The highest BCUT2D eigenvalue weighted by molar-refractivity contribution is 7.87. The normalized spacial score (nSPS) is 25.1. The Morgan fingerprint density at radius 3 is 2.30 bits per heavy atom. The molecule has 1 saturated heterocycles. The van der Waals surface area contributed by atoms with E-state index in [-0.39, 0.29) is 5.41 Å². The minimum absolute atomic E-state index is 0.00556. The number of hydrogen-bond donors (Lipinski definition) is 1. The Balaban J connectivity index is 1.91. The number of hydrogen-bond acceptors (Lipinski definition) is 4. The molecular formula is C13H27N3O3S. The van der Waals surface area contributed by atoms with Crippen molar-refractivity contribution in [3.63, 3.8) is 0 Å². The van der Waals surface area contributed by atoms with E-state index >= 15 is 0 Å². The number of ether oxygens (including phenoxy) is 1. The molecular weight excluding hydrogens is 278 g/mol. The molecule has 2 rings (SSSR count). The van der Waals surface area contributed by atoms with E-state index in [0.29, 0.717) is 26.2 Å². The van der Waals surface area contributed by atoms with Crippen molar-refractivity contribution in [2.75, 3.05) is 53.5 Å². The molecule has 1 heterocycles. The molecule has 0 aromatic rings. The Bertz CT molecular complexity index is 399. The lowest BCUT2D eigenvalue weighted by atomic mass is 9.87. The minimum atomic E-state index is -3.35. The van der Waals surface area contributed by atoms with Gasteiger partial charge in [0, 0.05) is 45.2 Å². The third kappa shape index (κ3) is 3.92. The van der Waals surface area contributed by atoms with E-state index in [9.17, 15) is 8.42 Å². The van der Waals surface area contributed by atoms with Gasteiger partial charge in [0.25, 0.3) is 10.2 Å². The minimum Gasteiger partial charge on any atom is -0.384 e. The summed E-state index contributed by atoms with van der Waals surface area (Å²) in [5, 5.41) is 0. The van der Waals surface area contributed by atoms with Gasteiger partial charge in [-0.1, -0.05) is 12.8 Å². The highest BCUT2D eigenvalue weighted by atomic mass is 32.2. The summed E-state index contributed by atoms with van der Waals surface area (Å²) in [6.45, 7) is 3.87. The molecule has 2 aliphatic rings. The number of nitrogens with zero attached hydrogens (tertiary/aromatic N) is 2. The molecule has 0 bridgehead atoms. The van der Waals surface area contributed by atoms with Crippen molar-refractivity contribution >= 4 is 10.2 Å². The number of methoxy groups -OCH3 is 1. The molecule has 0 atom stereocenters. The van der Waals surface area contributed by atoms with E-state index in [1.54, 1.807) is 11.4 Å². The monoisotopic (exact) mass is 305 g/mol. The van der Waals surface area contributed by atoms with Crippen LogP contribution in [0, 0.1) is 5.41 Å². The fourth-order valence-corrected chi connectivity index (χ4v) is 4.48. The number of nitrogens with one attached hydrogen (secondary N) is 1. The van der Waals surface area contributed by atoms with Crippen LogP contribution in [0.1, 0.15) is 25.7 Å². The summed E-state index contributed by atoms with van der Waals surface area (Å²) in [5.74, 6) is 0. The molecule has 2 fully saturated rings. The Hall–Kier alpha value is -0.210. The first kappa shape index (κ1) is 16.2. The predicted molar refractivity (Wildman–Crippen MR) is 78.8 cm³/mol. The van der Waals surface area contributed by atoms with Gasteiger partial charge in [-0.3, -0.25) is 0 Å². The first-order valence-electron chi connectivity index (χ1n) is 7.40. The van der Waals surface area contributed by atoms with Gasteiger partial charge >= 0.3 is 0 Å². The third-order valence-electron chi connectivity index (χ3n) is 4.55. The smallest absolute Gasteiger partial charge is 0.279 e. The number of rotatable bonds is 6. The summed E-state index contributed by atoms with van der Waals surface area (Å²) in [4.78, 5) is 2.15. The molecule has 20 heavy (non-hydrogen) atoms. The van der Waals surface area contributed by atoms with E-state index in [4.69, 9.17) is 4.74 Å². The van der Waals surface area contributed by atoms with Crippen LogP contribution in [0.15, 0.2) is 0 Å². The molecule has 7 heteroatoms. The first-order valence-corrected chi connectivity index (χ1v) is 8.84. The zero-order valence-electron chi connectivity index (χ0n) is 12.6. The van der Waals surface area contributed by atoms with Crippen molar-refractivity contribution in [2.45, 2.75) is 25.7 Å². The van der Waals surface area contributed by atoms with Crippen LogP contribution in [0.3, 0.4) is 0 Å². The van der Waals surface area contributed by atoms with Crippen LogP contribution < -0.4 is 4.72 Å². The van der Waals surface area contributed by atoms with E-state index in [2.05, 4.69) is 9.62 Å². The molecule has 0 radical (unpaired) electrons. The number of likely N-dealkylation sites (N-methyl/N-ethyl adjacent to an activating group) is 1. The van der Waals surface area contributed by atoms with Gasteiger partial charge in [-0.05, 0) is 19.9 Å². The van der Waals surface area contributed by atoms with Crippen LogP contribution in [0.2, 0.25) is 0 Å². The van der Waals surface area contributed by atoms with Crippen molar-refractivity contribution in [1.29, 1.82) is 0 Å². The average molecular weight is 305 g/mol. The van der Waals surface area contributed by atoms with Crippen LogP contribution in [0.4, 0.5) is 0 Å². The maximum atomic E-state index is 12.4. The van der Waals surface area contributed by atoms with E-state index < -0.39 is 10.2 Å². The van der Waals surface area contributed by atoms with Crippen molar-refractivity contribution in [1.82, 2.24) is 13.9 Å². The lowest BCUT2D eigenvalue weighted by molar-refractivity contribution is 0.0862.